The summed E-state index contributed by atoms with van der Waals surface area (Å²) < 4.78 is 15.3. The van der Waals surface area contributed by atoms with E-state index in [0.29, 0.717) is 42.3 Å². The molecule has 0 fully saturated rings. The zero-order valence-corrected chi connectivity index (χ0v) is 36.9. The van der Waals surface area contributed by atoms with E-state index in [9.17, 15) is 19.2 Å². The molecular formula is C55H30O8S3. The first-order valence-corrected chi connectivity index (χ1v) is 23.4. The Labute approximate surface area is 387 Å². The van der Waals surface area contributed by atoms with Gasteiger partial charge in [0.05, 0.1) is 25.2 Å². The Bertz CT molecular complexity index is 3600. The molecule has 0 unspecified atom stereocenters. The van der Waals surface area contributed by atoms with Gasteiger partial charge in [0.25, 0.3) is 0 Å². The molecule has 0 bridgehead atoms. The van der Waals surface area contributed by atoms with Gasteiger partial charge in [0, 0.05) is 42.3 Å². The smallest absolute Gasteiger partial charge is 0.333 e. The second kappa shape index (κ2) is 15.2. The summed E-state index contributed by atoms with van der Waals surface area (Å²) >= 11 is 4.13. The summed E-state index contributed by atoms with van der Waals surface area (Å²) in [6.07, 6.45) is 4.71. The average Bonchev–Trinajstić information content (AvgIpc) is 4.16. The first kappa shape index (κ1) is 39.9. The number of ether oxygens (including phenoxy) is 2. The Morgan fingerprint density at radius 1 is 0.485 bits per heavy atom. The van der Waals surface area contributed by atoms with Crippen molar-refractivity contribution < 1.29 is 38.2 Å². The summed E-state index contributed by atoms with van der Waals surface area (Å²) in [5.41, 5.74) is 0.725. The molecule has 3 heterocycles. The molecule has 6 aromatic carbocycles. The standard InChI is InChI=1S/C55H30O8S3/c56-46-37-19-31-15-7-8-16-32(31)20-38(37)47(57)41(46)23-35-24-43-45(55(35,53(60)62-27-29-11-3-1-4-12-29)54(61)63-28-30-13-5-2-6-14-30)51-52(65-43)50-44(66-51)26-36(64-50)25-42-48(58)39-21-33-17-9-10-18-34(33)22-40(39)49(42)59/h1-26H,27-28H2. The molecule has 0 saturated carbocycles. The second-order valence-electron chi connectivity index (χ2n) is 16.3. The molecule has 9 aromatic rings. The van der Waals surface area contributed by atoms with Crippen LogP contribution in [0.4, 0.5) is 0 Å². The zero-order valence-electron chi connectivity index (χ0n) is 34.4. The third-order valence-electron chi connectivity index (χ3n) is 12.5. The summed E-state index contributed by atoms with van der Waals surface area (Å²) in [4.78, 5) is 87.6. The molecule has 0 aliphatic heterocycles. The first-order valence-electron chi connectivity index (χ1n) is 21.0. The molecule has 316 valence electrons. The number of esters is 2. The number of ketones is 4. The third kappa shape index (κ3) is 6.08. The van der Waals surface area contributed by atoms with Crippen molar-refractivity contribution in [3.05, 3.63) is 211 Å². The molecule has 0 saturated heterocycles. The minimum absolute atomic E-state index is 0.0866. The highest BCUT2D eigenvalue weighted by atomic mass is 32.1. The van der Waals surface area contributed by atoms with Gasteiger partial charge in [0.15, 0.2) is 23.1 Å². The summed E-state index contributed by atoms with van der Waals surface area (Å²) in [5.74, 6) is -3.51. The fraction of sp³-hybridized carbons (Fsp3) is 0.0545. The Kier molecular flexibility index (Phi) is 9.18. The van der Waals surface area contributed by atoms with E-state index in [1.165, 1.54) is 40.1 Å². The van der Waals surface area contributed by atoms with Crippen LogP contribution >= 0.6 is 34.0 Å². The minimum atomic E-state index is -2.25. The number of thiophene rings is 3. The van der Waals surface area contributed by atoms with Crippen LogP contribution in [0.15, 0.2) is 162 Å². The quantitative estimate of drug-likeness (QED) is 0.0639. The van der Waals surface area contributed by atoms with Crippen LogP contribution in [0.3, 0.4) is 0 Å². The number of allylic oxidation sites excluding steroid dienone is 3. The highest BCUT2D eigenvalue weighted by Crippen LogP contribution is 2.57. The zero-order chi connectivity index (χ0) is 44.8. The summed E-state index contributed by atoms with van der Waals surface area (Å²) in [6, 6.07) is 42.1. The van der Waals surface area contributed by atoms with E-state index < -0.39 is 28.9 Å². The molecule has 3 aromatic heterocycles. The topological polar surface area (TPSA) is 121 Å². The molecule has 66 heavy (non-hydrogen) atoms. The monoisotopic (exact) mass is 914 g/mol. The van der Waals surface area contributed by atoms with Crippen molar-refractivity contribution in [2.24, 2.45) is 0 Å². The van der Waals surface area contributed by atoms with E-state index >= 15 is 9.59 Å². The van der Waals surface area contributed by atoms with Crippen LogP contribution < -0.4 is 0 Å². The van der Waals surface area contributed by atoms with Crippen LogP contribution in [0.2, 0.25) is 0 Å². The van der Waals surface area contributed by atoms with E-state index in [4.69, 9.17) is 9.47 Å². The fourth-order valence-electron chi connectivity index (χ4n) is 9.25. The number of carbonyl (C=O) groups excluding carboxylic acids is 6. The van der Waals surface area contributed by atoms with Crippen LogP contribution in [0.5, 0.6) is 0 Å². The van der Waals surface area contributed by atoms with Crippen molar-refractivity contribution in [2.45, 2.75) is 18.6 Å². The summed E-state index contributed by atoms with van der Waals surface area (Å²) in [5, 5.41) is 3.34. The lowest BCUT2D eigenvalue weighted by atomic mass is 9.76. The minimum Gasteiger partial charge on any atom is -0.459 e. The summed E-state index contributed by atoms with van der Waals surface area (Å²) in [7, 11) is 0. The van der Waals surface area contributed by atoms with Crippen LogP contribution in [0.1, 0.15) is 67.9 Å². The molecular weight excluding hydrogens is 885 g/mol. The maximum atomic E-state index is 15.2. The third-order valence-corrected chi connectivity index (χ3v) is 16.3. The lowest BCUT2D eigenvalue weighted by Crippen LogP contribution is -2.46. The number of carbonyl (C=O) groups is 6. The molecule has 3 aliphatic carbocycles. The van der Waals surface area contributed by atoms with Gasteiger partial charge in [-0.25, -0.2) is 0 Å². The summed E-state index contributed by atoms with van der Waals surface area (Å²) in [6.45, 7) is -0.324. The van der Waals surface area contributed by atoms with Gasteiger partial charge in [-0.1, -0.05) is 109 Å². The van der Waals surface area contributed by atoms with Crippen LogP contribution in [-0.4, -0.2) is 35.1 Å². The molecule has 3 aliphatic rings. The van der Waals surface area contributed by atoms with Crippen molar-refractivity contribution in [3.8, 4) is 0 Å². The van der Waals surface area contributed by atoms with Gasteiger partial charge in [-0.15, -0.1) is 34.0 Å². The van der Waals surface area contributed by atoms with Gasteiger partial charge in [-0.3, -0.25) is 28.8 Å². The normalized spacial score (nSPS) is 14.9. The fourth-order valence-corrected chi connectivity index (χ4v) is 13.5. The molecule has 0 radical (unpaired) electrons. The van der Waals surface area contributed by atoms with Gasteiger partial charge in [0.2, 0.25) is 5.41 Å². The Morgan fingerprint density at radius 3 is 1.39 bits per heavy atom. The molecule has 8 nitrogen and oxygen atoms in total. The van der Waals surface area contributed by atoms with E-state index in [-0.39, 0.29) is 52.6 Å². The van der Waals surface area contributed by atoms with E-state index in [0.717, 1.165) is 35.6 Å². The highest BCUT2D eigenvalue weighted by molar-refractivity contribution is 7.39. The van der Waals surface area contributed by atoms with Crippen LogP contribution in [0.25, 0.3) is 52.5 Å². The number of benzene rings is 6. The molecule has 0 amide bonds. The largest absolute Gasteiger partial charge is 0.459 e. The lowest BCUT2D eigenvalue weighted by Gasteiger charge is -2.28. The van der Waals surface area contributed by atoms with E-state index in [2.05, 4.69) is 0 Å². The van der Waals surface area contributed by atoms with Gasteiger partial charge in [-0.2, -0.15) is 0 Å². The number of fused-ring (bicyclic) bond motifs is 9. The van der Waals surface area contributed by atoms with E-state index in [1.54, 1.807) is 60.7 Å². The maximum absolute atomic E-state index is 15.2. The van der Waals surface area contributed by atoms with Crippen molar-refractivity contribution in [1.29, 1.82) is 0 Å². The first-order chi connectivity index (χ1) is 32.2. The predicted molar refractivity (Wildman–Crippen MR) is 258 cm³/mol. The number of hydrogen-bond acceptors (Lipinski definition) is 11. The van der Waals surface area contributed by atoms with Crippen molar-refractivity contribution in [1.82, 2.24) is 0 Å². The maximum Gasteiger partial charge on any atom is 0.333 e. The Hall–Kier alpha value is -7.70. The van der Waals surface area contributed by atoms with Gasteiger partial charge in [0.1, 0.15) is 13.2 Å². The second-order valence-corrected chi connectivity index (χ2v) is 19.5. The number of Topliss-reactive ketones (excluding diaryl/α,β-unsaturated/α-hetero) is 4. The van der Waals surface area contributed by atoms with Crippen LogP contribution in [0, 0.1) is 0 Å². The van der Waals surface area contributed by atoms with Gasteiger partial charge >= 0.3 is 11.9 Å². The molecule has 0 spiro atoms. The van der Waals surface area contributed by atoms with Gasteiger partial charge < -0.3 is 9.47 Å². The molecule has 12 rings (SSSR count). The number of rotatable bonds is 8. The lowest BCUT2D eigenvalue weighted by molar-refractivity contribution is -0.164. The highest BCUT2D eigenvalue weighted by Gasteiger charge is 2.59. The predicted octanol–water partition coefficient (Wildman–Crippen LogP) is 12.1. The average molecular weight is 915 g/mol. The van der Waals surface area contributed by atoms with Crippen molar-refractivity contribution in [2.75, 3.05) is 0 Å². The molecule has 11 heteroatoms. The number of hydrogen-bond donors (Lipinski definition) is 0. The van der Waals surface area contributed by atoms with E-state index in [1.807, 2.05) is 91.0 Å². The van der Waals surface area contributed by atoms with Crippen molar-refractivity contribution >= 4 is 122 Å². The SMILES string of the molecule is O=C1C(=CC2=Cc3sc4c(sc5cc(C=C6C(=O)c7cc8ccccc8cc7C6=O)sc54)c3C2(C(=O)OCc2ccccc2)C(=O)OCc2ccccc2)C(=O)c2cc3ccccc3cc21. The Balaban J connectivity index is 1.00. The van der Waals surface area contributed by atoms with Gasteiger partial charge in [-0.05, 0) is 86.8 Å². The van der Waals surface area contributed by atoms with Crippen LogP contribution in [-0.2, 0) is 37.7 Å². The van der Waals surface area contributed by atoms with Crippen molar-refractivity contribution in [3.63, 3.8) is 0 Å². The molecule has 0 atom stereocenters. The Morgan fingerprint density at radius 2 is 0.924 bits per heavy atom. The molecule has 0 N–H and O–H groups in total.